The predicted molar refractivity (Wildman–Crippen MR) is 80.6 cm³/mol. The van der Waals surface area contributed by atoms with Crippen molar-refractivity contribution in [1.29, 1.82) is 0 Å². The minimum Gasteiger partial charge on any atom is -0.480 e. The quantitative estimate of drug-likeness (QED) is 0.758. The largest absolute Gasteiger partial charge is 0.480 e. The summed E-state index contributed by atoms with van der Waals surface area (Å²) in [6.45, 7) is 11.1. The van der Waals surface area contributed by atoms with Crippen LogP contribution < -0.4 is 0 Å². The maximum atomic E-state index is 11.3. The van der Waals surface area contributed by atoms with E-state index in [4.69, 9.17) is 0 Å². The van der Waals surface area contributed by atoms with Crippen LogP contribution in [0.1, 0.15) is 33.6 Å². The van der Waals surface area contributed by atoms with Crippen molar-refractivity contribution in [2.45, 2.75) is 45.8 Å². The van der Waals surface area contributed by atoms with Crippen LogP contribution in [0.3, 0.4) is 0 Å². The SMILES string of the molecule is C=C(C)/C(C)=C\C=C(/C)CN1CCCC(O)C1C(=O)O. The van der Waals surface area contributed by atoms with E-state index in [-0.39, 0.29) is 0 Å². The van der Waals surface area contributed by atoms with Gasteiger partial charge in [-0.3, -0.25) is 9.69 Å². The third kappa shape index (κ3) is 4.62. The second kappa shape index (κ2) is 7.41. The van der Waals surface area contributed by atoms with E-state index in [9.17, 15) is 15.0 Å². The normalized spacial score (nSPS) is 25.6. The van der Waals surface area contributed by atoms with E-state index in [1.807, 2.05) is 37.8 Å². The Morgan fingerprint density at radius 1 is 1.35 bits per heavy atom. The third-order valence-corrected chi connectivity index (χ3v) is 3.70. The monoisotopic (exact) mass is 279 g/mol. The molecular weight excluding hydrogens is 254 g/mol. The van der Waals surface area contributed by atoms with Crippen LogP contribution in [0, 0.1) is 0 Å². The number of rotatable bonds is 5. The maximum Gasteiger partial charge on any atom is 0.323 e. The Bertz CT molecular complexity index is 437. The Balaban J connectivity index is 2.74. The molecule has 0 spiro atoms. The lowest BCUT2D eigenvalue weighted by Crippen LogP contribution is -2.53. The first-order chi connectivity index (χ1) is 9.32. The summed E-state index contributed by atoms with van der Waals surface area (Å²) in [7, 11) is 0. The van der Waals surface area contributed by atoms with Crippen LogP contribution in [0.15, 0.2) is 35.5 Å². The van der Waals surface area contributed by atoms with E-state index in [1.54, 1.807) is 0 Å². The highest BCUT2D eigenvalue weighted by molar-refractivity contribution is 5.74. The molecule has 0 aromatic heterocycles. The average molecular weight is 279 g/mol. The van der Waals surface area contributed by atoms with Crippen LogP contribution in [-0.4, -0.2) is 46.3 Å². The topological polar surface area (TPSA) is 60.8 Å². The summed E-state index contributed by atoms with van der Waals surface area (Å²) in [5, 5.41) is 19.1. The highest BCUT2D eigenvalue weighted by atomic mass is 16.4. The summed E-state index contributed by atoms with van der Waals surface area (Å²) in [4.78, 5) is 13.1. The molecule has 20 heavy (non-hydrogen) atoms. The summed E-state index contributed by atoms with van der Waals surface area (Å²) in [6, 6.07) is -0.793. The number of aliphatic hydroxyl groups is 1. The average Bonchev–Trinajstić information content (AvgIpc) is 2.35. The number of piperidine rings is 1. The number of carboxylic acid groups (broad SMARTS) is 1. The Morgan fingerprint density at radius 3 is 2.55 bits per heavy atom. The van der Waals surface area contributed by atoms with Gasteiger partial charge in [-0.25, -0.2) is 0 Å². The molecule has 2 atom stereocenters. The molecule has 4 nitrogen and oxygen atoms in total. The van der Waals surface area contributed by atoms with Crippen LogP contribution in [-0.2, 0) is 4.79 Å². The molecule has 2 unspecified atom stereocenters. The molecule has 112 valence electrons. The van der Waals surface area contributed by atoms with Gasteiger partial charge in [0.1, 0.15) is 6.04 Å². The first kappa shape index (κ1) is 16.7. The molecule has 0 aliphatic carbocycles. The second-order valence-corrected chi connectivity index (χ2v) is 5.61. The van der Waals surface area contributed by atoms with E-state index in [1.165, 1.54) is 0 Å². The number of likely N-dealkylation sites (tertiary alicyclic amines) is 1. The lowest BCUT2D eigenvalue weighted by atomic mass is 9.98. The molecule has 1 aliphatic heterocycles. The maximum absolute atomic E-state index is 11.3. The minimum absolute atomic E-state index is 0.560. The van der Waals surface area contributed by atoms with Crippen molar-refractivity contribution in [1.82, 2.24) is 4.90 Å². The van der Waals surface area contributed by atoms with Gasteiger partial charge in [0.15, 0.2) is 0 Å². The zero-order valence-electron chi connectivity index (χ0n) is 12.6. The molecule has 4 heteroatoms. The third-order valence-electron chi connectivity index (χ3n) is 3.70. The van der Waals surface area contributed by atoms with E-state index < -0.39 is 18.1 Å². The molecule has 2 N–H and O–H groups in total. The van der Waals surface area contributed by atoms with Gasteiger partial charge in [0.25, 0.3) is 0 Å². The van der Waals surface area contributed by atoms with E-state index in [2.05, 4.69) is 6.58 Å². The highest BCUT2D eigenvalue weighted by Gasteiger charge is 2.35. The Morgan fingerprint density at radius 2 is 2.00 bits per heavy atom. The van der Waals surface area contributed by atoms with Crippen LogP contribution in [0.25, 0.3) is 0 Å². The molecular formula is C16H25NO3. The molecule has 1 aliphatic rings. The van der Waals surface area contributed by atoms with Gasteiger partial charge in [-0.1, -0.05) is 29.9 Å². The van der Waals surface area contributed by atoms with Crippen LogP contribution in [0.4, 0.5) is 0 Å². The Labute approximate surface area is 121 Å². The fourth-order valence-electron chi connectivity index (χ4n) is 2.32. The molecule has 1 fully saturated rings. The fraction of sp³-hybridized carbons (Fsp3) is 0.562. The zero-order valence-corrected chi connectivity index (χ0v) is 12.6. The van der Waals surface area contributed by atoms with Crippen molar-refractivity contribution in [2.75, 3.05) is 13.1 Å². The molecule has 1 saturated heterocycles. The van der Waals surface area contributed by atoms with Crippen LogP contribution in [0.2, 0.25) is 0 Å². The van der Waals surface area contributed by atoms with Crippen molar-refractivity contribution in [3.8, 4) is 0 Å². The van der Waals surface area contributed by atoms with Crippen molar-refractivity contribution >= 4 is 5.97 Å². The second-order valence-electron chi connectivity index (χ2n) is 5.61. The van der Waals surface area contributed by atoms with E-state index in [0.29, 0.717) is 19.5 Å². The fourth-order valence-corrected chi connectivity index (χ4v) is 2.32. The molecule has 0 bridgehead atoms. The first-order valence-electron chi connectivity index (χ1n) is 6.97. The molecule has 0 amide bonds. The number of aliphatic carboxylic acids is 1. The van der Waals surface area contributed by atoms with Gasteiger partial charge in [0.2, 0.25) is 0 Å². The molecule has 0 aromatic rings. The summed E-state index contributed by atoms with van der Waals surface area (Å²) >= 11 is 0. The number of allylic oxidation sites excluding steroid dienone is 4. The molecule has 0 aromatic carbocycles. The first-order valence-corrected chi connectivity index (χ1v) is 6.97. The minimum atomic E-state index is -0.946. The number of hydrogen-bond acceptors (Lipinski definition) is 3. The van der Waals surface area contributed by atoms with Gasteiger partial charge >= 0.3 is 5.97 Å². The van der Waals surface area contributed by atoms with Crippen molar-refractivity contribution in [3.05, 3.63) is 35.5 Å². The molecule has 0 saturated carbocycles. The summed E-state index contributed by atoms with van der Waals surface area (Å²) < 4.78 is 0. The Kier molecular flexibility index (Phi) is 6.17. The van der Waals surface area contributed by atoms with Gasteiger partial charge in [-0.15, -0.1) is 0 Å². The summed E-state index contributed by atoms with van der Waals surface area (Å²) in [5.41, 5.74) is 3.20. The van der Waals surface area contributed by atoms with Crippen molar-refractivity contribution < 1.29 is 15.0 Å². The predicted octanol–water partition coefficient (Wildman–Crippen LogP) is 2.36. The van der Waals surface area contributed by atoms with Gasteiger partial charge < -0.3 is 10.2 Å². The Hall–Kier alpha value is -1.39. The van der Waals surface area contributed by atoms with Crippen LogP contribution in [0.5, 0.6) is 0 Å². The van der Waals surface area contributed by atoms with Gasteiger partial charge in [-0.05, 0) is 45.7 Å². The number of hydrogen-bond donors (Lipinski definition) is 2. The lowest BCUT2D eigenvalue weighted by molar-refractivity contribution is -0.149. The molecule has 1 heterocycles. The lowest BCUT2D eigenvalue weighted by Gasteiger charge is -2.36. The number of carbonyl (C=O) groups is 1. The number of carboxylic acids is 1. The van der Waals surface area contributed by atoms with Crippen LogP contribution >= 0.6 is 0 Å². The zero-order chi connectivity index (χ0) is 15.3. The van der Waals surface area contributed by atoms with Crippen molar-refractivity contribution in [2.24, 2.45) is 0 Å². The number of nitrogens with zero attached hydrogens (tertiary/aromatic N) is 1. The van der Waals surface area contributed by atoms with Crippen molar-refractivity contribution in [3.63, 3.8) is 0 Å². The molecule has 1 rings (SSSR count). The van der Waals surface area contributed by atoms with E-state index in [0.717, 1.165) is 23.1 Å². The van der Waals surface area contributed by atoms with Gasteiger partial charge in [-0.2, -0.15) is 0 Å². The summed E-state index contributed by atoms with van der Waals surface area (Å²) in [6.07, 6.45) is 4.60. The van der Waals surface area contributed by atoms with E-state index >= 15 is 0 Å². The molecule has 0 radical (unpaired) electrons. The highest BCUT2D eigenvalue weighted by Crippen LogP contribution is 2.19. The van der Waals surface area contributed by atoms with Gasteiger partial charge in [0.05, 0.1) is 6.10 Å². The summed E-state index contributed by atoms with van der Waals surface area (Å²) in [5.74, 6) is -0.946. The standard InChI is InChI=1S/C16H25NO3/c1-11(2)13(4)8-7-12(3)10-17-9-5-6-14(18)15(17)16(19)20/h7-8,14-15,18H,1,5-6,9-10H2,2-4H3,(H,19,20)/b12-7+,13-8-. The van der Waals surface area contributed by atoms with Gasteiger partial charge in [0, 0.05) is 6.54 Å². The smallest absolute Gasteiger partial charge is 0.323 e. The number of aliphatic hydroxyl groups excluding tert-OH is 1.